The number of ether oxygens (including phenoxy) is 1. The molecule has 4 heteroatoms. The molecule has 22 heavy (non-hydrogen) atoms. The van der Waals surface area contributed by atoms with Crippen molar-refractivity contribution in [3.63, 3.8) is 0 Å². The van der Waals surface area contributed by atoms with E-state index in [0.29, 0.717) is 6.61 Å². The van der Waals surface area contributed by atoms with Gasteiger partial charge in [-0.25, -0.2) is 8.78 Å². The van der Waals surface area contributed by atoms with Gasteiger partial charge in [0.05, 0.1) is 12.7 Å². The SMILES string of the molecule is Cc1cc(F)ccc1-c1ccc(F)cc1COC1CCNC1. The van der Waals surface area contributed by atoms with Crippen molar-refractivity contribution >= 4 is 0 Å². The van der Waals surface area contributed by atoms with Gasteiger partial charge in [0.1, 0.15) is 11.6 Å². The largest absolute Gasteiger partial charge is 0.372 e. The van der Waals surface area contributed by atoms with E-state index in [4.69, 9.17) is 4.74 Å². The number of halogens is 2. The van der Waals surface area contributed by atoms with E-state index in [2.05, 4.69) is 5.32 Å². The third kappa shape index (κ3) is 3.34. The van der Waals surface area contributed by atoms with Crippen LogP contribution in [0.4, 0.5) is 8.78 Å². The Balaban J connectivity index is 1.89. The van der Waals surface area contributed by atoms with Crippen LogP contribution in [0.15, 0.2) is 36.4 Å². The van der Waals surface area contributed by atoms with Crippen LogP contribution in [-0.4, -0.2) is 19.2 Å². The summed E-state index contributed by atoms with van der Waals surface area (Å²) < 4.78 is 32.8. The summed E-state index contributed by atoms with van der Waals surface area (Å²) in [7, 11) is 0. The second kappa shape index (κ2) is 6.55. The van der Waals surface area contributed by atoms with Gasteiger partial charge < -0.3 is 10.1 Å². The Morgan fingerprint density at radius 1 is 1.09 bits per heavy atom. The van der Waals surface area contributed by atoms with Gasteiger partial charge in [-0.15, -0.1) is 0 Å². The first kappa shape index (κ1) is 15.1. The summed E-state index contributed by atoms with van der Waals surface area (Å²) >= 11 is 0. The lowest BCUT2D eigenvalue weighted by Crippen LogP contribution is -2.16. The Kier molecular flexibility index (Phi) is 4.50. The molecule has 1 unspecified atom stereocenters. The molecule has 2 aromatic rings. The first-order valence-electron chi connectivity index (χ1n) is 7.51. The van der Waals surface area contributed by atoms with Crippen LogP contribution in [0.2, 0.25) is 0 Å². The Labute approximate surface area is 129 Å². The topological polar surface area (TPSA) is 21.3 Å². The molecule has 1 fully saturated rings. The highest BCUT2D eigenvalue weighted by Crippen LogP contribution is 2.29. The summed E-state index contributed by atoms with van der Waals surface area (Å²) in [5.41, 5.74) is 3.42. The minimum atomic E-state index is -0.285. The van der Waals surface area contributed by atoms with Gasteiger partial charge in [0.15, 0.2) is 0 Å². The molecule has 2 aromatic carbocycles. The molecule has 1 aliphatic rings. The molecule has 3 rings (SSSR count). The van der Waals surface area contributed by atoms with Gasteiger partial charge in [-0.3, -0.25) is 0 Å². The van der Waals surface area contributed by atoms with E-state index in [1.807, 2.05) is 6.92 Å². The Hall–Kier alpha value is -1.78. The summed E-state index contributed by atoms with van der Waals surface area (Å²) in [6.07, 6.45) is 1.14. The molecule has 116 valence electrons. The van der Waals surface area contributed by atoms with Crippen LogP contribution in [0.1, 0.15) is 17.5 Å². The van der Waals surface area contributed by atoms with E-state index < -0.39 is 0 Å². The minimum Gasteiger partial charge on any atom is -0.372 e. The van der Waals surface area contributed by atoms with E-state index in [-0.39, 0.29) is 17.7 Å². The molecule has 1 atom stereocenters. The second-order valence-electron chi connectivity index (χ2n) is 5.69. The highest BCUT2D eigenvalue weighted by atomic mass is 19.1. The standard InChI is InChI=1S/C18H19F2NO/c1-12-8-14(19)2-4-17(12)18-5-3-15(20)9-13(18)11-22-16-6-7-21-10-16/h2-5,8-9,16,21H,6-7,10-11H2,1H3. The fourth-order valence-electron chi connectivity index (χ4n) is 2.85. The number of benzene rings is 2. The number of rotatable bonds is 4. The normalized spacial score (nSPS) is 17.9. The van der Waals surface area contributed by atoms with Gasteiger partial charge >= 0.3 is 0 Å². The summed E-state index contributed by atoms with van der Waals surface area (Å²) in [6, 6.07) is 9.32. The van der Waals surface area contributed by atoms with E-state index in [0.717, 1.165) is 41.8 Å². The fraction of sp³-hybridized carbons (Fsp3) is 0.333. The van der Waals surface area contributed by atoms with Gasteiger partial charge in [-0.05, 0) is 66.4 Å². The smallest absolute Gasteiger partial charge is 0.123 e. The average molecular weight is 303 g/mol. The Bertz CT molecular complexity index is 666. The number of aryl methyl sites for hydroxylation is 1. The zero-order chi connectivity index (χ0) is 15.5. The molecule has 1 N–H and O–H groups in total. The zero-order valence-electron chi connectivity index (χ0n) is 12.5. The molecule has 0 aliphatic carbocycles. The third-order valence-corrected chi connectivity index (χ3v) is 4.04. The molecule has 0 bridgehead atoms. The quantitative estimate of drug-likeness (QED) is 0.927. The van der Waals surface area contributed by atoms with E-state index in [9.17, 15) is 8.78 Å². The lowest BCUT2D eigenvalue weighted by atomic mass is 9.96. The second-order valence-corrected chi connectivity index (χ2v) is 5.69. The maximum atomic E-state index is 13.6. The molecule has 1 saturated heterocycles. The zero-order valence-corrected chi connectivity index (χ0v) is 12.5. The number of hydrogen-bond donors (Lipinski definition) is 1. The van der Waals surface area contributed by atoms with E-state index in [1.165, 1.54) is 24.3 Å². The molecule has 1 heterocycles. The molecule has 0 spiro atoms. The maximum absolute atomic E-state index is 13.6. The highest BCUT2D eigenvalue weighted by Gasteiger charge is 2.16. The van der Waals surface area contributed by atoms with Crippen LogP contribution >= 0.6 is 0 Å². The monoisotopic (exact) mass is 303 g/mol. The molecule has 0 aromatic heterocycles. The Morgan fingerprint density at radius 3 is 2.50 bits per heavy atom. The van der Waals surface area contributed by atoms with Gasteiger partial charge in [-0.1, -0.05) is 12.1 Å². The van der Waals surface area contributed by atoms with Crippen molar-refractivity contribution in [1.29, 1.82) is 0 Å². The van der Waals surface area contributed by atoms with Crippen molar-refractivity contribution in [2.45, 2.75) is 26.1 Å². The van der Waals surface area contributed by atoms with Gasteiger partial charge in [0.2, 0.25) is 0 Å². The number of nitrogens with one attached hydrogen (secondary N) is 1. The molecule has 0 radical (unpaired) electrons. The van der Waals surface area contributed by atoms with Crippen molar-refractivity contribution in [2.24, 2.45) is 0 Å². The fourth-order valence-corrected chi connectivity index (χ4v) is 2.85. The van der Waals surface area contributed by atoms with Gasteiger partial charge in [0, 0.05) is 6.54 Å². The molecule has 2 nitrogen and oxygen atoms in total. The predicted octanol–water partition coefficient (Wildman–Crippen LogP) is 3.82. The van der Waals surface area contributed by atoms with Crippen LogP contribution in [0.3, 0.4) is 0 Å². The van der Waals surface area contributed by atoms with Gasteiger partial charge in [-0.2, -0.15) is 0 Å². The summed E-state index contributed by atoms with van der Waals surface area (Å²) in [6.45, 7) is 4.00. The van der Waals surface area contributed by atoms with Crippen molar-refractivity contribution < 1.29 is 13.5 Å². The minimum absolute atomic E-state index is 0.172. The lowest BCUT2D eigenvalue weighted by molar-refractivity contribution is 0.0543. The van der Waals surface area contributed by atoms with E-state index in [1.54, 1.807) is 12.1 Å². The van der Waals surface area contributed by atoms with Gasteiger partial charge in [0.25, 0.3) is 0 Å². The molecule has 1 aliphatic heterocycles. The lowest BCUT2D eigenvalue weighted by Gasteiger charge is -2.15. The van der Waals surface area contributed by atoms with Crippen LogP contribution in [0.5, 0.6) is 0 Å². The third-order valence-electron chi connectivity index (χ3n) is 4.04. The van der Waals surface area contributed by atoms with Crippen LogP contribution in [0.25, 0.3) is 11.1 Å². The van der Waals surface area contributed by atoms with E-state index >= 15 is 0 Å². The summed E-state index contributed by atoms with van der Waals surface area (Å²) in [4.78, 5) is 0. The maximum Gasteiger partial charge on any atom is 0.123 e. The van der Waals surface area contributed by atoms with Crippen molar-refractivity contribution in [2.75, 3.05) is 13.1 Å². The predicted molar refractivity (Wildman–Crippen MR) is 82.6 cm³/mol. The van der Waals surface area contributed by atoms with Crippen LogP contribution in [0, 0.1) is 18.6 Å². The molecule has 0 amide bonds. The molecular formula is C18H19F2NO. The molecule has 0 saturated carbocycles. The van der Waals surface area contributed by atoms with Crippen molar-refractivity contribution in [3.05, 3.63) is 59.2 Å². The van der Waals surface area contributed by atoms with Crippen molar-refractivity contribution in [1.82, 2.24) is 5.32 Å². The van der Waals surface area contributed by atoms with Crippen LogP contribution in [-0.2, 0) is 11.3 Å². The molecular weight excluding hydrogens is 284 g/mol. The Morgan fingerprint density at radius 2 is 1.82 bits per heavy atom. The summed E-state index contributed by atoms with van der Waals surface area (Å²) in [5.74, 6) is -0.551. The highest BCUT2D eigenvalue weighted by molar-refractivity contribution is 5.70. The number of hydrogen-bond acceptors (Lipinski definition) is 2. The average Bonchev–Trinajstić information content (AvgIpc) is 2.99. The van der Waals surface area contributed by atoms with Crippen LogP contribution < -0.4 is 5.32 Å². The van der Waals surface area contributed by atoms with Crippen molar-refractivity contribution in [3.8, 4) is 11.1 Å². The summed E-state index contributed by atoms with van der Waals surface area (Å²) in [5, 5.41) is 3.24. The first-order chi connectivity index (χ1) is 10.6. The first-order valence-corrected chi connectivity index (χ1v) is 7.51.